The molecular weight excluding hydrogens is 801 g/mol. The lowest BCUT2D eigenvalue weighted by Gasteiger charge is -2.30. The molecule has 64 heavy (non-hydrogen) atoms. The van der Waals surface area contributed by atoms with Gasteiger partial charge in [-0.25, -0.2) is 0 Å². The number of hydrogen-bond acceptors (Lipinski definition) is 8. The third-order valence-corrected chi connectivity index (χ3v) is 12.9. The lowest BCUT2D eigenvalue weighted by molar-refractivity contribution is 0.406. The molecule has 8 aromatic carbocycles. The number of aromatic hydroxyl groups is 8. The zero-order chi connectivity index (χ0) is 44.5. The first-order valence-electron chi connectivity index (χ1n) is 21.4. The lowest BCUT2D eigenvalue weighted by atomic mass is 9.75. The number of fused-ring (bicyclic) bond motifs is 8. The zero-order valence-electron chi connectivity index (χ0n) is 34.9. The van der Waals surface area contributed by atoms with Gasteiger partial charge in [-0.15, -0.1) is 0 Å². The first-order valence-corrected chi connectivity index (χ1v) is 21.4. The lowest BCUT2D eigenvalue weighted by Crippen LogP contribution is -2.15. The minimum Gasteiger partial charge on any atom is -0.508 e. The Morgan fingerprint density at radius 3 is 0.609 bits per heavy atom. The summed E-state index contributed by atoms with van der Waals surface area (Å²) in [6.45, 7) is 0. The Kier molecular flexibility index (Phi) is 11.3. The number of hydrogen-bond donors (Lipinski definition) is 8. The van der Waals surface area contributed by atoms with E-state index in [0.717, 1.165) is 22.3 Å². The minimum atomic E-state index is -0.919. The van der Waals surface area contributed by atoms with Crippen LogP contribution in [0.5, 0.6) is 46.0 Å². The maximum atomic E-state index is 12.8. The van der Waals surface area contributed by atoms with Crippen LogP contribution in [-0.4, -0.2) is 40.9 Å². The fourth-order valence-corrected chi connectivity index (χ4v) is 9.83. The van der Waals surface area contributed by atoms with E-state index in [1.54, 1.807) is 24.3 Å². The van der Waals surface area contributed by atoms with Gasteiger partial charge in [-0.05, 0) is 72.2 Å². The van der Waals surface area contributed by atoms with Crippen molar-refractivity contribution in [3.63, 3.8) is 0 Å². The van der Waals surface area contributed by atoms with E-state index in [0.29, 0.717) is 0 Å². The highest BCUT2D eigenvalue weighted by Gasteiger charge is 2.37. The van der Waals surface area contributed by atoms with Crippen LogP contribution in [0.2, 0.25) is 0 Å². The average molecular weight is 849 g/mol. The van der Waals surface area contributed by atoms with E-state index in [2.05, 4.69) is 0 Å². The van der Waals surface area contributed by atoms with Crippen molar-refractivity contribution < 1.29 is 40.9 Å². The van der Waals surface area contributed by atoms with Crippen molar-refractivity contribution in [1.82, 2.24) is 0 Å². The maximum Gasteiger partial charge on any atom is 0.126 e. The van der Waals surface area contributed by atoms with Crippen LogP contribution in [0.15, 0.2) is 170 Å². The van der Waals surface area contributed by atoms with Gasteiger partial charge in [0, 0.05) is 68.2 Å². The average Bonchev–Trinajstić information content (AvgIpc) is 3.29. The Bertz CT molecular complexity index is 2530. The molecule has 9 rings (SSSR count). The third kappa shape index (κ3) is 7.79. The van der Waals surface area contributed by atoms with E-state index >= 15 is 0 Å². The van der Waals surface area contributed by atoms with Gasteiger partial charge in [0.25, 0.3) is 0 Å². The number of phenols is 8. The van der Waals surface area contributed by atoms with Gasteiger partial charge >= 0.3 is 0 Å². The second-order valence-electron chi connectivity index (χ2n) is 16.7. The van der Waals surface area contributed by atoms with E-state index in [1.165, 1.54) is 24.3 Å². The van der Waals surface area contributed by atoms with Crippen LogP contribution < -0.4 is 0 Å². The third-order valence-electron chi connectivity index (χ3n) is 12.9. The monoisotopic (exact) mass is 848 g/mol. The molecular formula is C56H48O8. The second-order valence-corrected chi connectivity index (χ2v) is 16.7. The van der Waals surface area contributed by atoms with Crippen molar-refractivity contribution >= 4 is 0 Å². The first-order chi connectivity index (χ1) is 31.1. The molecule has 0 aromatic heterocycles. The Labute approximate surface area is 371 Å². The molecule has 0 saturated carbocycles. The Hall–Kier alpha value is -7.84. The van der Waals surface area contributed by atoms with E-state index in [1.807, 2.05) is 121 Å². The van der Waals surface area contributed by atoms with Crippen molar-refractivity contribution in [1.29, 1.82) is 0 Å². The van der Waals surface area contributed by atoms with Gasteiger partial charge in [-0.2, -0.15) is 0 Å². The quantitative estimate of drug-likeness (QED) is 0.0749. The smallest absolute Gasteiger partial charge is 0.126 e. The molecule has 320 valence electrons. The highest BCUT2D eigenvalue weighted by Crippen LogP contribution is 2.55. The molecule has 8 heteroatoms. The molecule has 0 aliphatic heterocycles. The molecule has 8 bridgehead atoms. The molecule has 0 heterocycles. The van der Waals surface area contributed by atoms with Crippen molar-refractivity contribution in [3.05, 3.63) is 237 Å². The van der Waals surface area contributed by atoms with Crippen LogP contribution in [-0.2, 0) is 25.7 Å². The van der Waals surface area contributed by atoms with E-state index in [-0.39, 0.29) is 116 Å². The molecule has 4 atom stereocenters. The first kappa shape index (κ1) is 41.5. The summed E-state index contributed by atoms with van der Waals surface area (Å²) in [5, 5.41) is 98.8. The largest absolute Gasteiger partial charge is 0.508 e. The molecule has 0 saturated heterocycles. The van der Waals surface area contributed by atoms with E-state index in [4.69, 9.17) is 0 Å². The van der Waals surface area contributed by atoms with Gasteiger partial charge in [0.1, 0.15) is 46.0 Å². The summed E-state index contributed by atoms with van der Waals surface area (Å²) in [6.07, 6.45) is 0.768. The zero-order valence-corrected chi connectivity index (χ0v) is 34.9. The highest BCUT2D eigenvalue weighted by molar-refractivity contribution is 5.67. The molecule has 0 spiro atoms. The minimum absolute atomic E-state index is 0.102. The van der Waals surface area contributed by atoms with E-state index < -0.39 is 23.7 Å². The van der Waals surface area contributed by atoms with Crippen molar-refractivity contribution in [2.75, 3.05) is 0 Å². The Balaban J connectivity index is 1.41. The normalized spacial score (nSPS) is 16.9. The predicted molar refractivity (Wildman–Crippen MR) is 247 cm³/mol. The fraction of sp³-hybridized carbons (Fsp3) is 0.143. The van der Waals surface area contributed by atoms with Gasteiger partial charge in [0.05, 0.1) is 0 Å². The van der Waals surface area contributed by atoms with Gasteiger partial charge < -0.3 is 40.9 Å². The molecule has 1 aliphatic rings. The number of benzene rings is 8. The van der Waals surface area contributed by atoms with Gasteiger partial charge in [-0.1, -0.05) is 146 Å². The molecule has 8 aromatic rings. The van der Waals surface area contributed by atoms with Crippen molar-refractivity contribution in [2.45, 2.75) is 49.4 Å². The Morgan fingerprint density at radius 1 is 0.234 bits per heavy atom. The predicted octanol–water partition coefficient (Wildman–Crippen LogP) is 11.1. The van der Waals surface area contributed by atoms with E-state index in [9.17, 15) is 40.9 Å². The molecule has 0 unspecified atom stereocenters. The summed E-state index contributed by atoms with van der Waals surface area (Å²) in [4.78, 5) is 0. The summed E-state index contributed by atoms with van der Waals surface area (Å²) >= 11 is 0. The van der Waals surface area contributed by atoms with Crippen molar-refractivity contribution in [2.24, 2.45) is 0 Å². The second kappa shape index (κ2) is 17.5. The van der Waals surface area contributed by atoms with Crippen LogP contribution in [0.1, 0.15) is 90.4 Å². The number of phenolic OH excluding ortho intramolecular Hbond substituents is 8. The standard InChI is InChI=1S/C56H48O8/c57-45-26-22-38-42(30-34-15-7-2-8-16-34)51-47(59)28-24-40(56(51)64)44(32-36-19-11-4-12-20-36)52-48(60)27-23-39(55(52)63)43(31-35-17-9-3-10-18-35)50-46(58)25-21-37(53(50)61)41(49(45)54(38)62)29-33-13-5-1-6-14-33/h1-28,41-44,57-64H,29-32H2/t41-,42-,43+,44+. The summed E-state index contributed by atoms with van der Waals surface area (Å²) in [5.74, 6) is -5.86. The van der Waals surface area contributed by atoms with Crippen LogP contribution in [0, 0.1) is 0 Å². The fourth-order valence-electron chi connectivity index (χ4n) is 9.83. The van der Waals surface area contributed by atoms with Gasteiger partial charge in [-0.3, -0.25) is 0 Å². The SMILES string of the molecule is Oc1ccc2c(O)c1[C@H](Cc1ccccc1)c1ccc(O)c(c1O)[C@H](Cc1ccccc1)c1ccc(O)c(c1O)[C@@H](Cc1ccccc1)c1ccc(O)c(c1O)[C@H]2Cc1ccccc1. The molecule has 0 radical (unpaired) electrons. The van der Waals surface area contributed by atoms with Crippen LogP contribution in [0.3, 0.4) is 0 Å². The summed E-state index contributed by atoms with van der Waals surface area (Å²) in [7, 11) is 0. The summed E-state index contributed by atoms with van der Waals surface area (Å²) < 4.78 is 0. The molecule has 0 amide bonds. The molecule has 8 N–H and O–H groups in total. The van der Waals surface area contributed by atoms with Crippen LogP contribution in [0.4, 0.5) is 0 Å². The summed E-state index contributed by atoms with van der Waals surface area (Å²) in [5.41, 5.74) is 4.88. The van der Waals surface area contributed by atoms with Gasteiger partial charge in [0.15, 0.2) is 0 Å². The highest BCUT2D eigenvalue weighted by atomic mass is 16.3. The number of rotatable bonds is 8. The van der Waals surface area contributed by atoms with Crippen LogP contribution in [0.25, 0.3) is 0 Å². The molecule has 1 aliphatic carbocycles. The molecule has 0 fully saturated rings. The molecule has 8 nitrogen and oxygen atoms in total. The maximum absolute atomic E-state index is 12.8. The van der Waals surface area contributed by atoms with Crippen LogP contribution >= 0.6 is 0 Å². The topological polar surface area (TPSA) is 162 Å². The summed E-state index contributed by atoms with van der Waals surface area (Å²) in [6, 6.07) is 50.1. The van der Waals surface area contributed by atoms with Gasteiger partial charge in [0.2, 0.25) is 0 Å². The van der Waals surface area contributed by atoms with Crippen molar-refractivity contribution in [3.8, 4) is 46.0 Å². The Morgan fingerprint density at radius 2 is 0.422 bits per heavy atom.